The van der Waals surface area contributed by atoms with E-state index in [4.69, 9.17) is 0 Å². The molecule has 1 fully saturated rings. The number of hydrogen-bond acceptors (Lipinski definition) is 2. The van der Waals surface area contributed by atoms with Gasteiger partial charge in [0.1, 0.15) is 5.54 Å². The Morgan fingerprint density at radius 2 is 2.00 bits per heavy atom. The highest BCUT2D eigenvalue weighted by Gasteiger charge is 2.63. The number of carboxylic acids is 1. The molecule has 1 saturated carbocycles. The number of carbonyl (C=O) groups excluding carboxylic acids is 1. The second-order valence-electron chi connectivity index (χ2n) is 6.34. The molecule has 4 nitrogen and oxygen atoms in total. The number of unbranched alkanes of at least 4 members (excludes halogenated alkanes) is 2. The van der Waals surface area contributed by atoms with Crippen molar-refractivity contribution in [2.75, 3.05) is 0 Å². The van der Waals surface area contributed by atoms with Gasteiger partial charge in [-0.1, -0.05) is 33.6 Å². The number of nitrogens with one attached hydrogen (secondary N) is 1. The predicted octanol–water partition coefficient (Wildman–Crippen LogP) is 3.21. The van der Waals surface area contributed by atoms with Crippen LogP contribution < -0.4 is 5.32 Å². The van der Waals surface area contributed by atoms with E-state index in [0.29, 0.717) is 6.42 Å². The average Bonchev–Trinajstić information content (AvgIpc) is 3.02. The third-order valence-electron chi connectivity index (χ3n) is 4.05. The molecule has 2 unspecified atom stereocenters. The zero-order valence-electron chi connectivity index (χ0n) is 12.9. The Hall–Kier alpha value is -1.20. The van der Waals surface area contributed by atoms with Crippen LogP contribution in [-0.2, 0) is 9.59 Å². The van der Waals surface area contributed by atoms with Gasteiger partial charge in [-0.3, -0.25) is 4.79 Å². The molecule has 6 heteroatoms. The van der Waals surface area contributed by atoms with Crippen molar-refractivity contribution in [3.05, 3.63) is 0 Å². The molecule has 2 N–H and O–H groups in total. The lowest BCUT2D eigenvalue weighted by molar-refractivity contribution is -0.144. The van der Waals surface area contributed by atoms with Crippen molar-refractivity contribution in [3.8, 4) is 0 Å². The van der Waals surface area contributed by atoms with Gasteiger partial charge < -0.3 is 10.4 Å². The number of rotatable bonds is 9. The summed E-state index contributed by atoms with van der Waals surface area (Å²) < 4.78 is 27.7. The minimum absolute atomic E-state index is 0.0875. The van der Waals surface area contributed by atoms with E-state index < -0.39 is 35.7 Å². The van der Waals surface area contributed by atoms with Crippen LogP contribution in [0.2, 0.25) is 0 Å². The Kier molecular flexibility index (Phi) is 5.70. The molecule has 1 aliphatic rings. The SMILES string of the molecule is CCCCCC(F)(F)CC1CC1(NC(=O)C(C)C)C(=O)O. The fraction of sp³-hybridized carbons (Fsp3) is 0.867. The normalized spacial score (nSPS) is 25.0. The fourth-order valence-corrected chi connectivity index (χ4v) is 2.50. The van der Waals surface area contributed by atoms with Crippen LogP contribution in [0.25, 0.3) is 0 Å². The van der Waals surface area contributed by atoms with E-state index in [9.17, 15) is 23.5 Å². The molecule has 0 spiro atoms. The number of alkyl halides is 2. The van der Waals surface area contributed by atoms with E-state index in [-0.39, 0.29) is 18.8 Å². The lowest BCUT2D eigenvalue weighted by Crippen LogP contribution is -2.47. The highest BCUT2D eigenvalue weighted by molar-refractivity contribution is 5.90. The molecule has 0 heterocycles. The molecule has 0 radical (unpaired) electrons. The van der Waals surface area contributed by atoms with Crippen LogP contribution in [-0.4, -0.2) is 28.4 Å². The predicted molar refractivity (Wildman–Crippen MR) is 75.2 cm³/mol. The van der Waals surface area contributed by atoms with Crippen LogP contribution in [0, 0.1) is 11.8 Å². The van der Waals surface area contributed by atoms with Crippen molar-refractivity contribution >= 4 is 11.9 Å². The molecule has 2 atom stereocenters. The van der Waals surface area contributed by atoms with E-state index >= 15 is 0 Å². The van der Waals surface area contributed by atoms with E-state index in [0.717, 1.165) is 12.8 Å². The molecule has 1 rings (SSSR count). The molecule has 0 aliphatic heterocycles. The van der Waals surface area contributed by atoms with Gasteiger partial charge in [-0.15, -0.1) is 0 Å². The van der Waals surface area contributed by atoms with Gasteiger partial charge in [-0.05, 0) is 12.8 Å². The van der Waals surface area contributed by atoms with Crippen LogP contribution in [0.5, 0.6) is 0 Å². The van der Waals surface area contributed by atoms with Gasteiger partial charge in [-0.2, -0.15) is 0 Å². The minimum atomic E-state index is -2.86. The molecule has 21 heavy (non-hydrogen) atoms. The summed E-state index contributed by atoms with van der Waals surface area (Å²) in [5.41, 5.74) is -1.49. The van der Waals surface area contributed by atoms with Gasteiger partial charge in [0, 0.05) is 24.7 Å². The zero-order chi connectivity index (χ0) is 16.3. The van der Waals surface area contributed by atoms with Gasteiger partial charge in [-0.25, -0.2) is 13.6 Å². The van der Waals surface area contributed by atoms with Crippen LogP contribution in [0.1, 0.15) is 59.3 Å². The van der Waals surface area contributed by atoms with Gasteiger partial charge in [0.2, 0.25) is 11.8 Å². The summed E-state index contributed by atoms with van der Waals surface area (Å²) in [6, 6.07) is 0. The number of halogens is 2. The van der Waals surface area contributed by atoms with E-state index in [2.05, 4.69) is 5.32 Å². The first kappa shape index (κ1) is 17.9. The van der Waals surface area contributed by atoms with E-state index in [1.807, 2.05) is 6.92 Å². The van der Waals surface area contributed by atoms with E-state index in [1.165, 1.54) is 0 Å². The Balaban J connectivity index is 2.60. The summed E-state index contributed by atoms with van der Waals surface area (Å²) >= 11 is 0. The molecular formula is C15H25F2NO3. The standard InChI is InChI=1S/C15H25F2NO3/c1-4-5-6-7-14(16,17)8-11-9-15(11,13(20)21)18-12(19)10(2)3/h10-11H,4-9H2,1-3H3,(H,18,19)(H,20,21). The Bertz CT molecular complexity index is 398. The summed E-state index contributed by atoms with van der Waals surface area (Å²) in [6.45, 7) is 5.22. The zero-order valence-corrected chi connectivity index (χ0v) is 12.9. The molecule has 0 aromatic rings. The number of aliphatic carboxylic acids is 1. The van der Waals surface area contributed by atoms with Crippen molar-refractivity contribution in [2.24, 2.45) is 11.8 Å². The van der Waals surface area contributed by atoms with E-state index in [1.54, 1.807) is 13.8 Å². The van der Waals surface area contributed by atoms with Crippen LogP contribution >= 0.6 is 0 Å². The second kappa shape index (κ2) is 6.71. The maximum Gasteiger partial charge on any atom is 0.329 e. The molecule has 0 saturated heterocycles. The Morgan fingerprint density at radius 1 is 1.38 bits per heavy atom. The van der Waals surface area contributed by atoms with Crippen molar-refractivity contribution in [2.45, 2.75) is 70.8 Å². The maximum absolute atomic E-state index is 13.8. The van der Waals surface area contributed by atoms with Gasteiger partial charge in [0.15, 0.2) is 0 Å². The molecular weight excluding hydrogens is 280 g/mol. The maximum atomic E-state index is 13.8. The smallest absolute Gasteiger partial charge is 0.329 e. The van der Waals surface area contributed by atoms with Crippen molar-refractivity contribution in [3.63, 3.8) is 0 Å². The summed E-state index contributed by atoms with van der Waals surface area (Å²) in [5.74, 6) is -5.54. The summed E-state index contributed by atoms with van der Waals surface area (Å²) in [5, 5.41) is 11.7. The number of hydrogen-bond donors (Lipinski definition) is 2. The topological polar surface area (TPSA) is 66.4 Å². The summed E-state index contributed by atoms with van der Waals surface area (Å²) in [7, 11) is 0. The highest BCUT2D eigenvalue weighted by atomic mass is 19.3. The molecule has 0 aromatic carbocycles. The Morgan fingerprint density at radius 3 is 2.48 bits per heavy atom. The first-order valence-electron chi connectivity index (χ1n) is 7.58. The number of amides is 1. The van der Waals surface area contributed by atoms with Crippen molar-refractivity contribution in [1.29, 1.82) is 0 Å². The Labute approximate surface area is 124 Å². The average molecular weight is 305 g/mol. The van der Waals surface area contributed by atoms with Crippen molar-refractivity contribution in [1.82, 2.24) is 5.32 Å². The first-order chi connectivity index (χ1) is 9.64. The van der Waals surface area contributed by atoms with Crippen LogP contribution in [0.15, 0.2) is 0 Å². The van der Waals surface area contributed by atoms with Crippen LogP contribution in [0.4, 0.5) is 8.78 Å². The molecule has 122 valence electrons. The molecule has 1 aliphatic carbocycles. The molecule has 0 aromatic heterocycles. The van der Waals surface area contributed by atoms with Crippen molar-refractivity contribution < 1.29 is 23.5 Å². The van der Waals surface area contributed by atoms with Gasteiger partial charge >= 0.3 is 5.97 Å². The quantitative estimate of drug-likeness (QED) is 0.643. The first-order valence-corrected chi connectivity index (χ1v) is 7.58. The number of carbonyl (C=O) groups is 2. The molecule has 1 amide bonds. The third kappa shape index (κ3) is 4.64. The van der Waals surface area contributed by atoms with Gasteiger partial charge in [0.05, 0.1) is 0 Å². The second-order valence-corrected chi connectivity index (χ2v) is 6.34. The summed E-state index contributed by atoms with van der Waals surface area (Å²) in [6.07, 6.45) is 1.45. The van der Waals surface area contributed by atoms with Gasteiger partial charge in [0.25, 0.3) is 0 Å². The monoisotopic (exact) mass is 305 g/mol. The largest absolute Gasteiger partial charge is 0.479 e. The number of carboxylic acid groups (broad SMARTS) is 1. The summed E-state index contributed by atoms with van der Waals surface area (Å²) in [4.78, 5) is 23.0. The third-order valence-corrected chi connectivity index (χ3v) is 4.05. The molecule has 0 bridgehead atoms. The highest BCUT2D eigenvalue weighted by Crippen LogP contribution is 2.50. The van der Waals surface area contributed by atoms with Crippen LogP contribution in [0.3, 0.4) is 0 Å². The minimum Gasteiger partial charge on any atom is -0.479 e. The fourth-order valence-electron chi connectivity index (χ4n) is 2.50. The lowest BCUT2D eigenvalue weighted by atomic mass is 10.0. The lowest BCUT2D eigenvalue weighted by Gasteiger charge is -2.20.